The van der Waals surface area contributed by atoms with Crippen molar-refractivity contribution in [3.05, 3.63) is 41.8 Å². The first-order valence-electron chi connectivity index (χ1n) is 7.52. The number of hydrogen-bond donors (Lipinski definition) is 1. The zero-order chi connectivity index (χ0) is 14.8. The summed E-state index contributed by atoms with van der Waals surface area (Å²) in [5.41, 5.74) is 3.23. The predicted molar refractivity (Wildman–Crippen MR) is 90.4 cm³/mol. The fourth-order valence-corrected chi connectivity index (χ4v) is 3.58. The van der Waals surface area contributed by atoms with E-state index < -0.39 is 0 Å². The van der Waals surface area contributed by atoms with Crippen LogP contribution in [0.15, 0.2) is 36.1 Å². The molecule has 0 atom stereocenters. The van der Waals surface area contributed by atoms with Crippen LogP contribution in [0, 0.1) is 0 Å². The Kier molecular flexibility index (Phi) is 3.60. The topological polar surface area (TPSA) is 53.9 Å². The molecule has 4 rings (SSSR count). The summed E-state index contributed by atoms with van der Waals surface area (Å²) in [7, 11) is 0. The van der Waals surface area contributed by atoms with Crippen molar-refractivity contribution in [1.29, 1.82) is 0 Å². The van der Waals surface area contributed by atoms with Gasteiger partial charge in [0.2, 0.25) is 0 Å². The molecular weight excluding hydrogens is 294 g/mol. The summed E-state index contributed by atoms with van der Waals surface area (Å²) in [6.45, 7) is 2.97. The molecule has 5 nitrogen and oxygen atoms in total. The molecule has 112 valence electrons. The van der Waals surface area contributed by atoms with E-state index in [1.54, 1.807) is 17.7 Å². The Morgan fingerprint density at radius 1 is 1.09 bits per heavy atom. The van der Waals surface area contributed by atoms with E-state index in [9.17, 15) is 0 Å². The first-order chi connectivity index (χ1) is 10.9. The third-order valence-electron chi connectivity index (χ3n) is 3.96. The molecule has 0 aliphatic carbocycles. The summed E-state index contributed by atoms with van der Waals surface area (Å²) in [6, 6.07) is 6.26. The molecule has 1 N–H and O–H groups in total. The van der Waals surface area contributed by atoms with E-state index in [4.69, 9.17) is 0 Å². The van der Waals surface area contributed by atoms with Gasteiger partial charge in [0.15, 0.2) is 0 Å². The number of aromatic nitrogens is 3. The average molecular weight is 311 g/mol. The number of pyridine rings is 1. The maximum atomic E-state index is 4.56. The molecule has 0 radical (unpaired) electrons. The van der Waals surface area contributed by atoms with E-state index in [0.717, 1.165) is 34.8 Å². The van der Waals surface area contributed by atoms with Crippen LogP contribution in [-0.4, -0.2) is 28.0 Å². The Bertz CT molecular complexity index is 762. The maximum Gasteiger partial charge on any atom is 0.147 e. The smallest absolute Gasteiger partial charge is 0.147 e. The Hall–Kier alpha value is -2.21. The van der Waals surface area contributed by atoms with Gasteiger partial charge in [-0.05, 0) is 36.4 Å². The molecule has 0 saturated carbocycles. The Morgan fingerprint density at radius 3 is 2.82 bits per heavy atom. The molecule has 1 saturated heterocycles. The van der Waals surface area contributed by atoms with Crippen molar-refractivity contribution in [2.24, 2.45) is 0 Å². The molecule has 0 aromatic carbocycles. The molecule has 3 aromatic heterocycles. The molecule has 0 unspecified atom stereocenters. The largest absolute Gasteiger partial charge is 0.370 e. The van der Waals surface area contributed by atoms with Gasteiger partial charge in [0.05, 0.1) is 34.3 Å². The van der Waals surface area contributed by atoms with Crippen molar-refractivity contribution in [2.45, 2.75) is 19.4 Å². The normalized spacial score (nSPS) is 14.6. The van der Waals surface area contributed by atoms with Gasteiger partial charge in [-0.1, -0.05) is 0 Å². The van der Waals surface area contributed by atoms with Gasteiger partial charge in [-0.3, -0.25) is 4.98 Å². The molecule has 3 aromatic rings. The quantitative estimate of drug-likeness (QED) is 0.801. The molecule has 1 aliphatic heterocycles. The van der Waals surface area contributed by atoms with Crippen LogP contribution < -0.4 is 10.2 Å². The lowest BCUT2D eigenvalue weighted by Crippen LogP contribution is -2.17. The van der Waals surface area contributed by atoms with E-state index in [2.05, 4.69) is 37.3 Å². The summed E-state index contributed by atoms with van der Waals surface area (Å²) >= 11 is 1.65. The second-order valence-corrected chi connectivity index (χ2v) is 6.33. The Balaban J connectivity index is 1.46. The lowest BCUT2D eigenvalue weighted by atomic mass is 10.3. The van der Waals surface area contributed by atoms with E-state index in [-0.39, 0.29) is 0 Å². The lowest BCUT2D eigenvalue weighted by Gasteiger charge is -2.17. The molecule has 22 heavy (non-hydrogen) atoms. The second-order valence-electron chi connectivity index (χ2n) is 5.41. The SMILES string of the molecule is c1nc(NCc2ccc(N3CCCC3)cn2)c2sccc2n1. The highest BCUT2D eigenvalue weighted by Crippen LogP contribution is 2.25. The summed E-state index contributed by atoms with van der Waals surface area (Å²) in [5.74, 6) is 0.880. The van der Waals surface area contributed by atoms with Gasteiger partial charge in [0.1, 0.15) is 12.1 Å². The minimum absolute atomic E-state index is 0.671. The summed E-state index contributed by atoms with van der Waals surface area (Å²) in [4.78, 5) is 15.5. The van der Waals surface area contributed by atoms with Crippen molar-refractivity contribution >= 4 is 33.1 Å². The Labute approximate surface area is 133 Å². The highest BCUT2D eigenvalue weighted by atomic mass is 32.1. The lowest BCUT2D eigenvalue weighted by molar-refractivity contribution is 0.949. The minimum Gasteiger partial charge on any atom is -0.370 e. The van der Waals surface area contributed by atoms with Gasteiger partial charge in [0.25, 0.3) is 0 Å². The number of rotatable bonds is 4. The average Bonchev–Trinajstić information content (AvgIpc) is 3.24. The fourth-order valence-electron chi connectivity index (χ4n) is 2.77. The minimum atomic E-state index is 0.671. The van der Waals surface area contributed by atoms with Crippen LogP contribution in [0.3, 0.4) is 0 Å². The number of nitrogens with zero attached hydrogens (tertiary/aromatic N) is 4. The molecule has 0 bridgehead atoms. The van der Waals surface area contributed by atoms with Gasteiger partial charge < -0.3 is 10.2 Å². The fraction of sp³-hybridized carbons (Fsp3) is 0.312. The summed E-state index contributed by atoms with van der Waals surface area (Å²) < 4.78 is 1.09. The zero-order valence-corrected chi connectivity index (χ0v) is 13.0. The second kappa shape index (κ2) is 5.88. The first-order valence-corrected chi connectivity index (χ1v) is 8.40. The molecular formula is C16H17N5S. The van der Waals surface area contributed by atoms with Crippen LogP contribution in [0.1, 0.15) is 18.5 Å². The number of fused-ring (bicyclic) bond motifs is 1. The number of thiophene rings is 1. The van der Waals surface area contributed by atoms with Crippen molar-refractivity contribution in [2.75, 3.05) is 23.3 Å². The standard InChI is InChI=1S/C16H17N5S/c1-2-7-21(6-1)13-4-3-12(17-10-13)9-18-16-15-14(5-8-22-15)19-11-20-16/h3-5,8,10-11H,1-2,6-7,9H2,(H,18,19,20). The first kappa shape index (κ1) is 13.5. The highest BCUT2D eigenvalue weighted by molar-refractivity contribution is 7.17. The van der Waals surface area contributed by atoms with Crippen molar-refractivity contribution in [3.8, 4) is 0 Å². The van der Waals surface area contributed by atoms with Crippen molar-refractivity contribution in [3.63, 3.8) is 0 Å². The van der Waals surface area contributed by atoms with Gasteiger partial charge >= 0.3 is 0 Å². The van der Waals surface area contributed by atoms with Gasteiger partial charge in [-0.25, -0.2) is 9.97 Å². The van der Waals surface area contributed by atoms with E-state index in [0.29, 0.717) is 6.54 Å². The summed E-state index contributed by atoms with van der Waals surface area (Å²) in [5, 5.41) is 5.40. The molecule has 4 heterocycles. The Morgan fingerprint density at radius 2 is 2.00 bits per heavy atom. The van der Waals surface area contributed by atoms with Gasteiger partial charge in [-0.2, -0.15) is 0 Å². The molecule has 1 aliphatic rings. The van der Waals surface area contributed by atoms with Gasteiger partial charge in [0, 0.05) is 13.1 Å². The number of anilines is 2. The summed E-state index contributed by atoms with van der Waals surface area (Å²) in [6.07, 6.45) is 6.14. The van der Waals surface area contributed by atoms with Crippen LogP contribution in [-0.2, 0) is 6.54 Å². The number of hydrogen-bond acceptors (Lipinski definition) is 6. The van der Waals surface area contributed by atoms with Crippen LogP contribution in [0.2, 0.25) is 0 Å². The van der Waals surface area contributed by atoms with Crippen molar-refractivity contribution < 1.29 is 0 Å². The third-order valence-corrected chi connectivity index (χ3v) is 4.87. The maximum absolute atomic E-state index is 4.56. The third kappa shape index (κ3) is 2.62. The number of nitrogens with one attached hydrogen (secondary N) is 1. The van der Waals surface area contributed by atoms with Crippen LogP contribution in [0.25, 0.3) is 10.2 Å². The predicted octanol–water partition coefficient (Wildman–Crippen LogP) is 3.30. The van der Waals surface area contributed by atoms with Gasteiger partial charge in [-0.15, -0.1) is 11.3 Å². The highest BCUT2D eigenvalue weighted by Gasteiger charge is 2.12. The molecule has 0 spiro atoms. The molecule has 0 amide bonds. The van der Waals surface area contributed by atoms with Crippen molar-refractivity contribution in [1.82, 2.24) is 15.0 Å². The van der Waals surface area contributed by atoms with E-state index >= 15 is 0 Å². The van der Waals surface area contributed by atoms with E-state index in [1.807, 2.05) is 17.6 Å². The van der Waals surface area contributed by atoms with Crippen LogP contribution in [0.4, 0.5) is 11.5 Å². The van der Waals surface area contributed by atoms with Crippen LogP contribution >= 0.6 is 11.3 Å². The van der Waals surface area contributed by atoms with Crippen LogP contribution in [0.5, 0.6) is 0 Å². The zero-order valence-electron chi connectivity index (χ0n) is 12.2. The van der Waals surface area contributed by atoms with E-state index in [1.165, 1.54) is 18.5 Å². The molecule has 1 fully saturated rings. The molecule has 6 heteroatoms. The monoisotopic (exact) mass is 311 g/mol.